The van der Waals surface area contributed by atoms with E-state index in [4.69, 9.17) is 0 Å². The van der Waals surface area contributed by atoms with Crippen LogP contribution in [0.5, 0.6) is 0 Å². The number of amides is 2. The number of thiazole rings is 1. The van der Waals surface area contributed by atoms with E-state index < -0.39 is 0 Å². The van der Waals surface area contributed by atoms with Crippen molar-refractivity contribution in [1.29, 1.82) is 0 Å². The fraction of sp³-hybridized carbons (Fsp3) is 0.348. The lowest BCUT2D eigenvalue weighted by molar-refractivity contribution is -0.122. The lowest BCUT2D eigenvalue weighted by Crippen LogP contribution is -2.29. The standard InChI is InChI=1S/C23H24N4O2S/c1-2-26-11-10-18-20(14-26)30-23(24-18)25-22(29)16-12-21(28)27(13-16)19-9-5-7-15-6-3-4-8-17(15)19/h3-9,16H,2,10-14H2,1H3,(H,24,25,29). The second-order valence-corrected chi connectivity index (χ2v) is 8.98. The Labute approximate surface area is 179 Å². The topological polar surface area (TPSA) is 65.5 Å². The number of carbonyl (C=O) groups is 2. The van der Waals surface area contributed by atoms with Crippen molar-refractivity contribution < 1.29 is 9.59 Å². The second-order valence-electron chi connectivity index (χ2n) is 7.90. The van der Waals surface area contributed by atoms with Crippen LogP contribution < -0.4 is 10.2 Å². The molecule has 154 valence electrons. The summed E-state index contributed by atoms with van der Waals surface area (Å²) in [5, 5.41) is 5.74. The molecule has 0 bridgehead atoms. The van der Waals surface area contributed by atoms with Gasteiger partial charge in [0.2, 0.25) is 11.8 Å². The summed E-state index contributed by atoms with van der Waals surface area (Å²) >= 11 is 1.56. The number of nitrogens with one attached hydrogen (secondary N) is 1. The van der Waals surface area contributed by atoms with Crippen LogP contribution in [-0.2, 0) is 22.6 Å². The van der Waals surface area contributed by atoms with E-state index >= 15 is 0 Å². The number of nitrogens with zero attached hydrogens (tertiary/aromatic N) is 3. The zero-order valence-electron chi connectivity index (χ0n) is 16.9. The smallest absolute Gasteiger partial charge is 0.231 e. The molecule has 1 aromatic heterocycles. The summed E-state index contributed by atoms with van der Waals surface area (Å²) in [5.74, 6) is -0.502. The third-order valence-electron chi connectivity index (χ3n) is 6.04. The third kappa shape index (κ3) is 3.48. The Kier molecular flexibility index (Phi) is 5.00. The van der Waals surface area contributed by atoms with Crippen molar-refractivity contribution in [2.45, 2.75) is 26.3 Å². The highest BCUT2D eigenvalue weighted by Crippen LogP contribution is 2.33. The predicted octanol–water partition coefficient (Wildman–Crippen LogP) is 3.67. The van der Waals surface area contributed by atoms with Crippen molar-refractivity contribution >= 4 is 44.7 Å². The largest absolute Gasteiger partial charge is 0.311 e. The molecule has 3 heterocycles. The first-order valence-electron chi connectivity index (χ1n) is 10.4. The molecule has 7 heteroatoms. The maximum absolute atomic E-state index is 12.9. The number of anilines is 2. The monoisotopic (exact) mass is 420 g/mol. The van der Waals surface area contributed by atoms with Crippen molar-refractivity contribution in [1.82, 2.24) is 9.88 Å². The predicted molar refractivity (Wildman–Crippen MR) is 120 cm³/mol. The average molecular weight is 421 g/mol. The summed E-state index contributed by atoms with van der Waals surface area (Å²) < 4.78 is 0. The van der Waals surface area contributed by atoms with Gasteiger partial charge < -0.3 is 10.2 Å². The van der Waals surface area contributed by atoms with Crippen LogP contribution in [0, 0.1) is 5.92 Å². The molecule has 5 rings (SSSR count). The van der Waals surface area contributed by atoms with Gasteiger partial charge in [-0.3, -0.25) is 14.5 Å². The molecule has 0 spiro atoms. The molecule has 3 aromatic rings. The fourth-order valence-electron chi connectivity index (χ4n) is 4.34. The number of fused-ring (bicyclic) bond motifs is 2. The first-order chi connectivity index (χ1) is 14.6. The molecule has 2 aliphatic heterocycles. The molecule has 2 aromatic carbocycles. The highest BCUT2D eigenvalue weighted by Gasteiger charge is 2.36. The van der Waals surface area contributed by atoms with Crippen LogP contribution in [0.1, 0.15) is 23.9 Å². The van der Waals surface area contributed by atoms with Gasteiger partial charge in [0.25, 0.3) is 0 Å². The first kappa shape index (κ1) is 19.2. The molecular weight excluding hydrogens is 396 g/mol. The zero-order valence-corrected chi connectivity index (χ0v) is 17.7. The summed E-state index contributed by atoms with van der Waals surface area (Å²) in [6, 6.07) is 14.0. The van der Waals surface area contributed by atoms with Crippen LogP contribution >= 0.6 is 11.3 Å². The number of hydrogen-bond acceptors (Lipinski definition) is 5. The summed E-state index contributed by atoms with van der Waals surface area (Å²) in [5.41, 5.74) is 1.97. The quantitative estimate of drug-likeness (QED) is 0.700. The van der Waals surface area contributed by atoms with E-state index in [1.54, 1.807) is 16.2 Å². The van der Waals surface area contributed by atoms with E-state index in [2.05, 4.69) is 22.1 Å². The van der Waals surface area contributed by atoms with Crippen LogP contribution in [0.25, 0.3) is 10.8 Å². The van der Waals surface area contributed by atoms with Crippen molar-refractivity contribution in [3.8, 4) is 0 Å². The van der Waals surface area contributed by atoms with Crippen LogP contribution in [0.2, 0.25) is 0 Å². The number of rotatable bonds is 4. The molecule has 6 nitrogen and oxygen atoms in total. The minimum Gasteiger partial charge on any atom is -0.311 e. The maximum Gasteiger partial charge on any atom is 0.231 e. The second kappa shape index (κ2) is 7.81. The molecular formula is C23H24N4O2S. The number of hydrogen-bond donors (Lipinski definition) is 1. The highest BCUT2D eigenvalue weighted by atomic mass is 32.1. The van der Waals surface area contributed by atoms with Gasteiger partial charge in [-0.25, -0.2) is 4.98 Å². The van der Waals surface area contributed by atoms with Crippen molar-refractivity contribution in [3.05, 3.63) is 53.0 Å². The van der Waals surface area contributed by atoms with Gasteiger partial charge in [0.05, 0.1) is 17.3 Å². The van der Waals surface area contributed by atoms with Gasteiger partial charge in [-0.1, -0.05) is 43.3 Å². The lowest BCUT2D eigenvalue weighted by atomic mass is 10.1. The van der Waals surface area contributed by atoms with E-state index in [1.165, 1.54) is 4.88 Å². The van der Waals surface area contributed by atoms with E-state index in [1.807, 2.05) is 42.5 Å². The highest BCUT2D eigenvalue weighted by molar-refractivity contribution is 7.15. The van der Waals surface area contributed by atoms with Crippen molar-refractivity contribution in [2.75, 3.05) is 29.9 Å². The maximum atomic E-state index is 12.9. The Hall–Kier alpha value is -2.77. The van der Waals surface area contributed by atoms with E-state index in [9.17, 15) is 9.59 Å². The van der Waals surface area contributed by atoms with Gasteiger partial charge >= 0.3 is 0 Å². The summed E-state index contributed by atoms with van der Waals surface area (Å²) in [6.07, 6.45) is 1.15. The number of carbonyl (C=O) groups excluding carboxylic acids is 2. The van der Waals surface area contributed by atoms with Gasteiger partial charge in [0.1, 0.15) is 0 Å². The molecule has 1 saturated heterocycles. The number of aromatic nitrogens is 1. The van der Waals surface area contributed by atoms with Crippen molar-refractivity contribution in [3.63, 3.8) is 0 Å². The van der Waals surface area contributed by atoms with Gasteiger partial charge in [-0.15, -0.1) is 11.3 Å². The summed E-state index contributed by atoms with van der Waals surface area (Å²) in [4.78, 5) is 35.6. The van der Waals surface area contributed by atoms with E-state index in [0.29, 0.717) is 11.7 Å². The molecule has 1 N–H and O–H groups in total. The Morgan fingerprint density at radius 3 is 2.93 bits per heavy atom. The van der Waals surface area contributed by atoms with Crippen LogP contribution in [0.4, 0.5) is 10.8 Å². The van der Waals surface area contributed by atoms with E-state index in [0.717, 1.165) is 48.2 Å². The van der Waals surface area contributed by atoms with Crippen molar-refractivity contribution in [2.24, 2.45) is 5.92 Å². The zero-order chi connectivity index (χ0) is 20.7. The van der Waals surface area contributed by atoms with Gasteiger partial charge in [0, 0.05) is 42.7 Å². The number of likely N-dealkylation sites (N-methyl/N-ethyl adjacent to an activating group) is 1. The minimum atomic E-state index is -0.371. The molecule has 30 heavy (non-hydrogen) atoms. The fourth-order valence-corrected chi connectivity index (χ4v) is 5.39. The normalized spacial score (nSPS) is 19.3. The van der Waals surface area contributed by atoms with Crippen LogP contribution in [-0.4, -0.2) is 41.3 Å². The van der Waals surface area contributed by atoms with Gasteiger partial charge in [0.15, 0.2) is 5.13 Å². The molecule has 1 unspecified atom stereocenters. The SMILES string of the molecule is CCN1CCc2nc(NC(=O)C3CC(=O)N(c4cccc5ccccc45)C3)sc2C1. The Morgan fingerprint density at radius 1 is 1.23 bits per heavy atom. The molecule has 1 fully saturated rings. The Balaban J connectivity index is 1.31. The third-order valence-corrected chi connectivity index (χ3v) is 7.04. The van der Waals surface area contributed by atoms with E-state index in [-0.39, 0.29) is 24.2 Å². The molecule has 1 atom stereocenters. The Bertz CT molecular complexity index is 1120. The summed E-state index contributed by atoms with van der Waals surface area (Å²) in [7, 11) is 0. The number of benzene rings is 2. The van der Waals surface area contributed by atoms with Crippen LogP contribution in [0.15, 0.2) is 42.5 Å². The average Bonchev–Trinajstić information content (AvgIpc) is 3.35. The molecule has 0 aliphatic carbocycles. The van der Waals surface area contributed by atoms with Gasteiger partial charge in [-0.2, -0.15) is 0 Å². The molecule has 2 aliphatic rings. The van der Waals surface area contributed by atoms with Crippen LogP contribution in [0.3, 0.4) is 0 Å². The lowest BCUT2D eigenvalue weighted by Gasteiger charge is -2.23. The van der Waals surface area contributed by atoms with Gasteiger partial charge in [-0.05, 0) is 18.0 Å². The minimum absolute atomic E-state index is 0.0106. The first-order valence-corrected chi connectivity index (χ1v) is 11.2. The molecule has 0 radical (unpaired) electrons. The Morgan fingerprint density at radius 2 is 2.07 bits per heavy atom. The molecule has 2 amide bonds. The molecule has 0 saturated carbocycles. The summed E-state index contributed by atoms with van der Waals surface area (Å²) in [6.45, 7) is 5.49.